The normalized spacial score (nSPS) is 16.9. The molecule has 1 fully saturated rings. The Balaban J connectivity index is 1.65. The quantitative estimate of drug-likeness (QED) is 0.507. The number of benzene rings is 1. The van der Waals surface area contributed by atoms with Crippen LogP contribution in [0.1, 0.15) is 58.2 Å². The molecule has 1 N–H and O–H groups in total. The van der Waals surface area contributed by atoms with Gasteiger partial charge in [-0.25, -0.2) is 0 Å². The Bertz CT molecular complexity index is 1010. The summed E-state index contributed by atoms with van der Waals surface area (Å²) in [6.07, 6.45) is 2.62. The summed E-state index contributed by atoms with van der Waals surface area (Å²) >= 11 is 0.777. The van der Waals surface area contributed by atoms with Crippen molar-refractivity contribution in [3.63, 3.8) is 0 Å². The lowest BCUT2D eigenvalue weighted by Crippen LogP contribution is -2.33. The molecule has 2 aromatic rings. The molecule has 0 radical (unpaired) electrons. The lowest BCUT2D eigenvalue weighted by molar-refractivity contribution is -0.139. The zero-order valence-corrected chi connectivity index (χ0v) is 19.8. The number of aliphatic carboxylic acids is 1. The van der Waals surface area contributed by atoms with Crippen LogP contribution in [-0.2, 0) is 22.4 Å². The highest BCUT2D eigenvalue weighted by Gasteiger charge is 2.40. The minimum Gasteiger partial charge on any atom is -0.493 e. The Kier molecular flexibility index (Phi) is 7.48. The maximum absolute atomic E-state index is 12.3. The highest BCUT2D eigenvalue weighted by atomic mass is 32.2. The van der Waals surface area contributed by atoms with Gasteiger partial charge in [0.15, 0.2) is 5.58 Å². The highest BCUT2D eigenvalue weighted by Crippen LogP contribution is 2.34. The van der Waals surface area contributed by atoms with Gasteiger partial charge in [-0.15, -0.1) is 0 Å². The number of carboxylic acids is 1. The van der Waals surface area contributed by atoms with Crippen molar-refractivity contribution in [1.82, 2.24) is 10.1 Å². The topological polar surface area (TPSA) is 110 Å². The highest BCUT2D eigenvalue weighted by molar-refractivity contribution is 8.15. The van der Waals surface area contributed by atoms with Crippen LogP contribution in [-0.4, -0.2) is 50.7 Å². The molecule has 0 bridgehead atoms. The van der Waals surface area contributed by atoms with E-state index in [-0.39, 0.29) is 18.4 Å². The van der Waals surface area contributed by atoms with Gasteiger partial charge in [-0.05, 0) is 36.8 Å². The largest absolute Gasteiger partial charge is 0.493 e. The molecule has 2 heterocycles. The number of rotatable bonds is 10. The van der Waals surface area contributed by atoms with Gasteiger partial charge < -0.3 is 14.4 Å². The third kappa shape index (κ3) is 5.62. The Hall–Kier alpha value is -2.55. The van der Waals surface area contributed by atoms with Gasteiger partial charge in [-0.2, -0.15) is 0 Å². The van der Waals surface area contributed by atoms with Crippen molar-refractivity contribution in [2.75, 3.05) is 13.2 Å². The van der Waals surface area contributed by atoms with Crippen LogP contribution < -0.4 is 4.74 Å². The van der Waals surface area contributed by atoms with E-state index in [1.165, 1.54) is 0 Å². The second-order valence-electron chi connectivity index (χ2n) is 9.20. The number of imide groups is 1. The van der Waals surface area contributed by atoms with E-state index in [0.29, 0.717) is 13.0 Å². The summed E-state index contributed by atoms with van der Waals surface area (Å²) in [5, 5.41) is 12.9. The lowest BCUT2D eigenvalue weighted by atomic mass is 9.89. The van der Waals surface area contributed by atoms with Gasteiger partial charge in [-0.1, -0.05) is 51.0 Å². The third-order valence-electron chi connectivity index (χ3n) is 5.12. The van der Waals surface area contributed by atoms with Crippen LogP contribution in [0.4, 0.5) is 4.79 Å². The van der Waals surface area contributed by atoms with Gasteiger partial charge in [0.05, 0.1) is 18.7 Å². The smallest absolute Gasteiger partial charge is 0.305 e. The van der Waals surface area contributed by atoms with Crippen molar-refractivity contribution in [2.24, 2.45) is 5.41 Å². The minimum atomic E-state index is -1.09. The van der Waals surface area contributed by atoms with Crippen molar-refractivity contribution in [2.45, 2.75) is 65.0 Å². The van der Waals surface area contributed by atoms with E-state index in [4.69, 9.17) is 14.4 Å². The Labute approximate surface area is 191 Å². The number of carbonyl (C=O) groups is 3. The lowest BCUT2D eigenvalue weighted by Gasteiger charge is -2.16. The first-order valence-electron chi connectivity index (χ1n) is 10.9. The van der Waals surface area contributed by atoms with Crippen molar-refractivity contribution >= 4 is 39.8 Å². The molecular formula is C23H30N2O6S. The minimum absolute atomic E-state index is 0.0933. The number of hydrogen-bond donors (Lipinski definition) is 1. The summed E-state index contributed by atoms with van der Waals surface area (Å²) in [5.41, 5.74) is 2.76. The predicted molar refractivity (Wildman–Crippen MR) is 122 cm³/mol. The number of carboxylic acid groups (broad SMARTS) is 1. The van der Waals surface area contributed by atoms with Crippen LogP contribution in [0.2, 0.25) is 0 Å². The van der Waals surface area contributed by atoms with Gasteiger partial charge >= 0.3 is 5.97 Å². The monoisotopic (exact) mass is 462 g/mol. The number of nitrogens with zero attached hydrogens (tertiary/aromatic N) is 2. The zero-order valence-electron chi connectivity index (χ0n) is 19.0. The first-order chi connectivity index (χ1) is 15.1. The van der Waals surface area contributed by atoms with E-state index >= 15 is 0 Å². The standard InChI is InChI=1S/C23H30N2O6S/c1-5-7-15-17(9-8-14-16(13-23(2,3)4)24-31-20(14)15)30-11-6-10-25-21(28)18(12-19(26)27)32-22(25)29/h8-9,18H,5-7,10-13H2,1-4H3,(H,26,27). The average molecular weight is 463 g/mol. The van der Waals surface area contributed by atoms with Gasteiger partial charge in [0.2, 0.25) is 5.91 Å². The third-order valence-corrected chi connectivity index (χ3v) is 6.20. The molecular weight excluding hydrogens is 432 g/mol. The van der Waals surface area contributed by atoms with E-state index in [9.17, 15) is 14.4 Å². The second-order valence-corrected chi connectivity index (χ2v) is 10.4. The molecule has 1 atom stereocenters. The molecule has 0 spiro atoms. The van der Waals surface area contributed by atoms with E-state index < -0.39 is 22.4 Å². The molecule has 3 rings (SSSR count). The summed E-state index contributed by atoms with van der Waals surface area (Å²) in [7, 11) is 0. The van der Waals surface area contributed by atoms with E-state index in [1.807, 2.05) is 12.1 Å². The van der Waals surface area contributed by atoms with Crippen LogP contribution in [0.25, 0.3) is 11.0 Å². The molecule has 174 valence electrons. The van der Waals surface area contributed by atoms with E-state index in [1.54, 1.807) is 0 Å². The second kappa shape index (κ2) is 9.94. The molecule has 1 aromatic heterocycles. The number of thioether (sulfide) groups is 1. The molecule has 1 aliphatic heterocycles. The summed E-state index contributed by atoms with van der Waals surface area (Å²) < 4.78 is 11.7. The number of hydrogen-bond acceptors (Lipinski definition) is 7. The molecule has 0 saturated carbocycles. The number of aryl methyl sites for hydroxylation is 1. The van der Waals surface area contributed by atoms with Crippen molar-refractivity contribution in [3.05, 3.63) is 23.4 Å². The van der Waals surface area contributed by atoms with Crippen molar-refractivity contribution < 1.29 is 28.8 Å². The average Bonchev–Trinajstić information content (AvgIpc) is 3.20. The first kappa shape index (κ1) is 24.1. The van der Waals surface area contributed by atoms with Gasteiger partial charge in [0.1, 0.15) is 11.0 Å². The molecule has 1 saturated heterocycles. The fourth-order valence-electron chi connectivity index (χ4n) is 3.74. The Morgan fingerprint density at radius 1 is 1.31 bits per heavy atom. The molecule has 1 aromatic carbocycles. The van der Waals surface area contributed by atoms with Gasteiger partial charge in [-0.3, -0.25) is 19.3 Å². The SMILES string of the molecule is CCCc1c(OCCCN2C(=O)SC(CC(=O)O)C2=O)ccc2c(CC(C)(C)C)noc12. The van der Waals surface area contributed by atoms with Gasteiger partial charge in [0, 0.05) is 17.5 Å². The molecule has 1 aliphatic rings. The molecule has 2 amide bonds. The van der Waals surface area contributed by atoms with Crippen LogP contribution in [0.3, 0.4) is 0 Å². The number of fused-ring (bicyclic) bond motifs is 1. The van der Waals surface area contributed by atoms with Crippen molar-refractivity contribution in [3.8, 4) is 5.75 Å². The summed E-state index contributed by atoms with van der Waals surface area (Å²) in [5.74, 6) is -0.815. The predicted octanol–water partition coefficient (Wildman–Crippen LogP) is 4.68. The van der Waals surface area contributed by atoms with Gasteiger partial charge in [0.25, 0.3) is 5.24 Å². The van der Waals surface area contributed by atoms with E-state index in [0.717, 1.165) is 63.9 Å². The number of amides is 2. The van der Waals surface area contributed by atoms with Crippen LogP contribution >= 0.6 is 11.8 Å². The fourth-order valence-corrected chi connectivity index (χ4v) is 4.74. The molecule has 1 unspecified atom stereocenters. The van der Waals surface area contributed by atoms with Crippen LogP contribution in [0.15, 0.2) is 16.7 Å². The Morgan fingerprint density at radius 2 is 2.06 bits per heavy atom. The summed E-state index contributed by atoms with van der Waals surface area (Å²) in [6.45, 7) is 9.09. The molecule has 8 nitrogen and oxygen atoms in total. The maximum Gasteiger partial charge on any atom is 0.305 e. The summed E-state index contributed by atoms with van der Waals surface area (Å²) in [6, 6.07) is 3.91. The molecule has 0 aliphatic carbocycles. The maximum atomic E-state index is 12.3. The number of aromatic nitrogens is 1. The first-order valence-corrected chi connectivity index (χ1v) is 11.8. The summed E-state index contributed by atoms with van der Waals surface area (Å²) in [4.78, 5) is 36.3. The fraction of sp³-hybridized carbons (Fsp3) is 0.565. The van der Waals surface area contributed by atoms with Crippen molar-refractivity contribution in [1.29, 1.82) is 0 Å². The number of ether oxygens (including phenoxy) is 1. The molecule has 32 heavy (non-hydrogen) atoms. The van der Waals surface area contributed by atoms with E-state index in [2.05, 4.69) is 32.9 Å². The number of carbonyl (C=O) groups excluding carboxylic acids is 2. The molecule has 9 heteroatoms. The zero-order chi connectivity index (χ0) is 23.5. The van der Waals surface area contributed by atoms with Crippen LogP contribution in [0.5, 0.6) is 5.75 Å². The van der Waals surface area contributed by atoms with Crippen LogP contribution in [0, 0.1) is 5.41 Å². The Morgan fingerprint density at radius 3 is 2.72 bits per heavy atom.